The summed E-state index contributed by atoms with van der Waals surface area (Å²) in [4.78, 5) is 83.2. The average Bonchev–Trinajstić information content (AvgIpc) is 4.03. The second kappa shape index (κ2) is 18.1. The van der Waals surface area contributed by atoms with Crippen molar-refractivity contribution >= 4 is 35.8 Å². The molecule has 3 heterocycles. The maximum absolute atomic E-state index is 14.4. The Morgan fingerprint density at radius 1 is 0.629 bits per heavy atom. The number of hydrogen-bond acceptors (Lipinski definition) is 8. The summed E-state index contributed by atoms with van der Waals surface area (Å²) in [6.45, 7) is 7.57. The molecule has 3 aromatic carbocycles. The predicted molar refractivity (Wildman–Crippen MR) is 229 cm³/mol. The lowest BCUT2D eigenvalue weighted by molar-refractivity contribution is -0.146. The second-order valence-corrected chi connectivity index (χ2v) is 16.4. The molecule has 6 rings (SSSR count). The Bertz CT molecular complexity index is 2230. The molecule has 0 radical (unpaired) electrons. The number of benzene rings is 3. The summed E-state index contributed by atoms with van der Waals surface area (Å²) in [5.74, 6) is -3.53. The van der Waals surface area contributed by atoms with Crippen LogP contribution in [-0.2, 0) is 39.7 Å². The van der Waals surface area contributed by atoms with Crippen LogP contribution in [0.5, 0.6) is 0 Å². The highest BCUT2D eigenvalue weighted by Crippen LogP contribution is 2.44. The second-order valence-electron chi connectivity index (χ2n) is 16.4. The summed E-state index contributed by atoms with van der Waals surface area (Å²) in [6, 6.07) is 22.0. The molecule has 2 aliphatic rings. The third-order valence-electron chi connectivity index (χ3n) is 12.1. The lowest BCUT2D eigenvalue weighted by atomic mass is 9.84. The van der Waals surface area contributed by atoms with Gasteiger partial charge in [-0.1, -0.05) is 64.1 Å². The van der Waals surface area contributed by atoms with E-state index in [-0.39, 0.29) is 37.8 Å². The van der Waals surface area contributed by atoms with Gasteiger partial charge in [0.1, 0.15) is 29.0 Å². The van der Waals surface area contributed by atoms with Gasteiger partial charge >= 0.3 is 12.2 Å². The van der Waals surface area contributed by atoms with E-state index in [1.54, 1.807) is 64.1 Å². The number of nitrogens with zero attached hydrogens (tertiary/aromatic N) is 3. The number of carbonyl (C=O) groups excluding carboxylic acids is 6. The van der Waals surface area contributed by atoms with Gasteiger partial charge in [0.15, 0.2) is 0 Å². The van der Waals surface area contributed by atoms with Crippen LogP contribution >= 0.6 is 0 Å². The van der Waals surface area contributed by atoms with Crippen molar-refractivity contribution in [3.8, 4) is 28.2 Å². The maximum atomic E-state index is 14.4. The third kappa shape index (κ3) is 8.08. The minimum atomic E-state index is -1.54. The first-order chi connectivity index (χ1) is 29.5. The number of carbonyl (C=O) groups is 6. The van der Waals surface area contributed by atoms with Crippen LogP contribution in [0.1, 0.15) is 64.5 Å². The summed E-state index contributed by atoms with van der Waals surface area (Å²) in [5, 5.41) is 5.23. The normalized spacial score (nSPS) is 19.6. The molecule has 16 heteroatoms. The lowest BCUT2D eigenvalue weighted by Crippen LogP contribution is -2.59. The first kappa shape index (κ1) is 44.8. The van der Waals surface area contributed by atoms with Crippen molar-refractivity contribution in [3.63, 3.8) is 0 Å². The summed E-state index contributed by atoms with van der Waals surface area (Å²) in [7, 11) is 2.41. The van der Waals surface area contributed by atoms with E-state index >= 15 is 0 Å². The van der Waals surface area contributed by atoms with E-state index in [1.165, 1.54) is 36.2 Å². The highest BCUT2D eigenvalue weighted by atomic mass is 19.1. The van der Waals surface area contributed by atoms with Crippen LogP contribution in [0.4, 0.5) is 14.0 Å². The molecule has 15 nitrogen and oxygen atoms in total. The number of ether oxygens (including phenoxy) is 2. The predicted octanol–water partition coefficient (Wildman–Crippen LogP) is 5.32. The van der Waals surface area contributed by atoms with E-state index in [0.29, 0.717) is 52.2 Å². The average molecular weight is 852 g/mol. The van der Waals surface area contributed by atoms with Gasteiger partial charge in [-0.25, -0.2) is 14.0 Å². The number of primary amides is 2. The van der Waals surface area contributed by atoms with Gasteiger partial charge in [0, 0.05) is 18.8 Å². The van der Waals surface area contributed by atoms with E-state index < -0.39 is 64.8 Å². The van der Waals surface area contributed by atoms with Crippen molar-refractivity contribution in [1.82, 2.24) is 25.0 Å². The minimum Gasteiger partial charge on any atom is -0.453 e. The zero-order valence-electron chi connectivity index (χ0n) is 35.8. The van der Waals surface area contributed by atoms with Crippen molar-refractivity contribution in [1.29, 1.82) is 0 Å². The van der Waals surface area contributed by atoms with E-state index in [1.807, 2.05) is 41.0 Å². The molecule has 6 N–H and O–H groups in total. The van der Waals surface area contributed by atoms with Crippen LogP contribution in [0.2, 0.25) is 0 Å². The van der Waals surface area contributed by atoms with E-state index in [4.69, 9.17) is 20.9 Å². The topological polar surface area (TPSA) is 208 Å². The molecule has 0 saturated carbocycles. The standard InChI is InChI=1S/C46H54FN7O8/c1-27(2)37(50-43(59)61-5)39(55)52-23-9-21-45(52,41(48)57)31-13-7-11-29(25-31)35-19-20-36(54(35)34-17-15-33(47)16-18-34)30-12-8-14-32(26-30)46(42(49)58)22-10-24-53(46)40(56)38(28(3)4)51-44(60)62-6/h7-8,11-20,25-28,37-38H,9-10,21-24H2,1-6H3,(H2,48,57)(H2,49,58)(H,50,59)(H,51,60)/t37-,38-,45-,46-/m0/s1. The van der Waals surface area contributed by atoms with Gasteiger partial charge in [0.05, 0.1) is 25.6 Å². The zero-order valence-corrected chi connectivity index (χ0v) is 35.8. The fourth-order valence-electron chi connectivity index (χ4n) is 8.99. The fourth-order valence-corrected chi connectivity index (χ4v) is 8.99. The number of likely N-dealkylation sites (tertiary alicyclic amines) is 2. The molecule has 6 amide bonds. The van der Waals surface area contributed by atoms with Gasteiger partial charge in [-0.15, -0.1) is 0 Å². The molecule has 2 saturated heterocycles. The maximum Gasteiger partial charge on any atom is 0.407 e. The molecular weight excluding hydrogens is 798 g/mol. The van der Waals surface area contributed by atoms with Crippen LogP contribution < -0.4 is 22.1 Å². The van der Waals surface area contributed by atoms with Crippen molar-refractivity contribution < 1.29 is 42.6 Å². The number of aromatic nitrogens is 1. The number of halogens is 1. The number of alkyl carbamates (subject to hydrolysis) is 2. The number of nitrogens with one attached hydrogen (secondary N) is 2. The SMILES string of the molecule is COC(=O)N[C@H](C(=O)N1CCC[C@@]1(C(N)=O)c1cccc(-c2ccc(-c3cccc([C@]4(C(N)=O)CCCN4C(=O)[C@@H](NC(=O)OC)C(C)C)c3)n2-c2ccc(F)cc2)c1)C(C)C. The number of amides is 6. The van der Waals surface area contributed by atoms with Crippen molar-refractivity contribution in [2.24, 2.45) is 23.3 Å². The van der Waals surface area contributed by atoms with Crippen molar-refractivity contribution in [2.45, 2.75) is 76.5 Å². The third-order valence-corrected chi connectivity index (χ3v) is 12.1. The Labute approximate surface area is 359 Å². The largest absolute Gasteiger partial charge is 0.453 e. The Hall–Kier alpha value is -6.71. The zero-order chi connectivity index (χ0) is 45.1. The van der Waals surface area contributed by atoms with Crippen LogP contribution in [0.15, 0.2) is 84.9 Å². The molecule has 0 spiro atoms. The molecule has 4 atom stereocenters. The smallest absolute Gasteiger partial charge is 0.407 e. The lowest BCUT2D eigenvalue weighted by Gasteiger charge is -2.39. The van der Waals surface area contributed by atoms with E-state index in [2.05, 4.69) is 10.6 Å². The molecule has 4 aromatic rings. The highest BCUT2D eigenvalue weighted by molar-refractivity contribution is 5.96. The number of hydrogen-bond donors (Lipinski definition) is 4. The van der Waals surface area contributed by atoms with Crippen molar-refractivity contribution in [2.75, 3.05) is 27.3 Å². The molecule has 0 unspecified atom stereocenters. The van der Waals surface area contributed by atoms with Gasteiger partial charge < -0.3 is 45.9 Å². The quantitative estimate of drug-likeness (QED) is 0.138. The van der Waals surface area contributed by atoms with Crippen LogP contribution in [-0.4, -0.2) is 89.6 Å². The molecule has 0 aliphatic carbocycles. The van der Waals surface area contributed by atoms with Gasteiger partial charge in [0.25, 0.3) is 0 Å². The summed E-state index contributed by atoms with van der Waals surface area (Å²) >= 11 is 0. The molecule has 1 aromatic heterocycles. The van der Waals surface area contributed by atoms with E-state index in [9.17, 15) is 33.2 Å². The minimum absolute atomic E-state index is 0.222. The highest BCUT2D eigenvalue weighted by Gasteiger charge is 2.53. The Kier molecular flexibility index (Phi) is 13.1. The van der Waals surface area contributed by atoms with Crippen molar-refractivity contribution in [3.05, 3.63) is 102 Å². The first-order valence-corrected chi connectivity index (χ1v) is 20.6. The first-order valence-electron chi connectivity index (χ1n) is 20.6. The molecular formula is C46H54FN7O8. The summed E-state index contributed by atoms with van der Waals surface area (Å²) in [5.41, 5.74) is 13.4. The van der Waals surface area contributed by atoms with Gasteiger partial charge in [-0.3, -0.25) is 19.2 Å². The summed E-state index contributed by atoms with van der Waals surface area (Å²) in [6.07, 6.45) is -0.117. The molecule has 2 aliphatic heterocycles. The molecule has 62 heavy (non-hydrogen) atoms. The summed E-state index contributed by atoms with van der Waals surface area (Å²) < 4.78 is 25.9. The fraction of sp³-hybridized carbons (Fsp3) is 0.391. The van der Waals surface area contributed by atoms with Gasteiger partial charge in [0.2, 0.25) is 23.6 Å². The monoisotopic (exact) mass is 851 g/mol. The Morgan fingerprint density at radius 2 is 1.03 bits per heavy atom. The van der Waals surface area contributed by atoms with Gasteiger partial charge in [-0.05, 0) is 108 Å². The molecule has 328 valence electrons. The van der Waals surface area contributed by atoms with Crippen LogP contribution in [0.3, 0.4) is 0 Å². The van der Waals surface area contributed by atoms with Crippen LogP contribution in [0, 0.1) is 17.7 Å². The Morgan fingerprint density at radius 3 is 1.39 bits per heavy atom. The molecule has 2 fully saturated rings. The van der Waals surface area contributed by atoms with E-state index in [0.717, 1.165) is 0 Å². The number of rotatable bonds is 13. The molecule has 0 bridgehead atoms. The van der Waals surface area contributed by atoms with Gasteiger partial charge in [-0.2, -0.15) is 0 Å². The number of methoxy groups -OCH3 is 2. The number of nitrogens with two attached hydrogens (primary N) is 2. The van der Waals surface area contributed by atoms with Crippen LogP contribution in [0.25, 0.3) is 28.2 Å². The Balaban J connectivity index is 1.47.